The highest BCUT2D eigenvalue weighted by Crippen LogP contribution is 2.20. The Morgan fingerprint density at radius 2 is 1.89 bits per heavy atom. The number of aryl methyl sites for hydroxylation is 1. The maximum absolute atomic E-state index is 12.2. The molecule has 0 spiro atoms. The Hall–Kier alpha value is -2.53. The standard InChI is InChI=1S/C23H25NO3S/c25-16-21-17-28-18-24(21)23(26)14-11-20-9-12-22(13-10-20)27-15-5-4-8-19-6-2-1-3-7-19/h1-3,6-7,9-14,16,21H,4-5,8,15,17-18H2/b14-11+/t21-/m1/s1. The molecule has 1 fully saturated rings. The highest BCUT2D eigenvalue weighted by atomic mass is 32.2. The molecule has 1 aliphatic rings. The van der Waals surface area contributed by atoms with Gasteiger partial charge in [-0.25, -0.2) is 0 Å². The van der Waals surface area contributed by atoms with Crippen LogP contribution >= 0.6 is 11.8 Å². The number of aldehydes is 1. The Balaban J connectivity index is 1.39. The van der Waals surface area contributed by atoms with Crippen LogP contribution in [0.15, 0.2) is 60.7 Å². The maximum atomic E-state index is 12.2. The minimum absolute atomic E-state index is 0.124. The second-order valence-corrected chi connectivity index (χ2v) is 7.70. The number of ether oxygens (including phenoxy) is 1. The summed E-state index contributed by atoms with van der Waals surface area (Å²) >= 11 is 1.60. The van der Waals surface area contributed by atoms with Crippen molar-refractivity contribution in [3.8, 4) is 5.75 Å². The average Bonchev–Trinajstić information content (AvgIpc) is 3.22. The first-order chi connectivity index (χ1) is 13.8. The zero-order valence-corrected chi connectivity index (χ0v) is 16.6. The van der Waals surface area contributed by atoms with Crippen molar-refractivity contribution >= 4 is 30.0 Å². The van der Waals surface area contributed by atoms with E-state index in [1.165, 1.54) is 11.6 Å². The van der Waals surface area contributed by atoms with Crippen molar-refractivity contribution in [3.63, 3.8) is 0 Å². The number of benzene rings is 2. The van der Waals surface area contributed by atoms with Crippen LogP contribution in [0.3, 0.4) is 0 Å². The summed E-state index contributed by atoms with van der Waals surface area (Å²) in [6.45, 7) is 0.695. The Morgan fingerprint density at radius 1 is 1.11 bits per heavy atom. The summed E-state index contributed by atoms with van der Waals surface area (Å²) in [6.07, 6.45) is 7.33. The lowest BCUT2D eigenvalue weighted by molar-refractivity contribution is -0.129. The van der Waals surface area contributed by atoms with E-state index >= 15 is 0 Å². The summed E-state index contributed by atoms with van der Waals surface area (Å²) in [7, 11) is 0. The quantitative estimate of drug-likeness (QED) is 0.363. The van der Waals surface area contributed by atoms with Gasteiger partial charge in [0.25, 0.3) is 0 Å². The molecule has 1 saturated heterocycles. The van der Waals surface area contributed by atoms with Crippen LogP contribution in [0.2, 0.25) is 0 Å². The molecular weight excluding hydrogens is 370 g/mol. The summed E-state index contributed by atoms with van der Waals surface area (Å²) in [5.74, 6) is 1.96. The Bertz CT molecular complexity index is 789. The van der Waals surface area contributed by atoms with Gasteiger partial charge in [-0.05, 0) is 48.6 Å². The second kappa shape index (κ2) is 10.7. The molecule has 0 unspecified atom stereocenters. The molecule has 1 amide bonds. The lowest BCUT2D eigenvalue weighted by Crippen LogP contribution is -2.36. The van der Waals surface area contributed by atoms with Crippen LogP contribution in [0, 0.1) is 0 Å². The van der Waals surface area contributed by atoms with Gasteiger partial charge in [0.15, 0.2) is 0 Å². The van der Waals surface area contributed by atoms with Crippen LogP contribution in [0.1, 0.15) is 24.0 Å². The summed E-state index contributed by atoms with van der Waals surface area (Å²) in [6, 6.07) is 17.9. The normalized spacial score (nSPS) is 16.4. The molecule has 2 aromatic carbocycles. The number of thioether (sulfide) groups is 1. The molecule has 0 N–H and O–H groups in total. The summed E-state index contributed by atoms with van der Waals surface area (Å²) < 4.78 is 5.79. The smallest absolute Gasteiger partial charge is 0.247 e. The first-order valence-electron chi connectivity index (χ1n) is 9.55. The highest BCUT2D eigenvalue weighted by molar-refractivity contribution is 7.99. The first-order valence-corrected chi connectivity index (χ1v) is 10.7. The van der Waals surface area contributed by atoms with Crippen LogP contribution in [0.5, 0.6) is 5.75 Å². The van der Waals surface area contributed by atoms with Crippen molar-refractivity contribution in [1.82, 2.24) is 4.90 Å². The van der Waals surface area contributed by atoms with E-state index in [1.54, 1.807) is 22.7 Å². The zero-order chi connectivity index (χ0) is 19.6. The molecule has 0 aromatic heterocycles. The largest absolute Gasteiger partial charge is 0.494 e. The van der Waals surface area contributed by atoms with Crippen LogP contribution in [-0.4, -0.2) is 41.4 Å². The van der Waals surface area contributed by atoms with Crippen molar-refractivity contribution < 1.29 is 14.3 Å². The van der Waals surface area contributed by atoms with Crippen molar-refractivity contribution in [2.75, 3.05) is 18.2 Å². The van der Waals surface area contributed by atoms with E-state index < -0.39 is 0 Å². The number of unbranched alkanes of at least 4 members (excludes halogenated alkanes) is 1. The molecule has 146 valence electrons. The van der Waals surface area contributed by atoms with Gasteiger partial charge >= 0.3 is 0 Å². The third-order valence-corrected chi connectivity index (χ3v) is 5.67. The number of hydrogen-bond acceptors (Lipinski definition) is 4. The van der Waals surface area contributed by atoms with E-state index in [-0.39, 0.29) is 11.9 Å². The second-order valence-electron chi connectivity index (χ2n) is 6.70. The van der Waals surface area contributed by atoms with Gasteiger partial charge in [-0.2, -0.15) is 0 Å². The molecule has 5 heteroatoms. The van der Waals surface area contributed by atoms with E-state index in [2.05, 4.69) is 24.3 Å². The molecule has 0 radical (unpaired) electrons. The Morgan fingerprint density at radius 3 is 2.64 bits per heavy atom. The van der Waals surface area contributed by atoms with Crippen molar-refractivity contribution in [1.29, 1.82) is 0 Å². The van der Waals surface area contributed by atoms with Gasteiger partial charge < -0.3 is 14.4 Å². The topological polar surface area (TPSA) is 46.6 Å². The van der Waals surface area contributed by atoms with Gasteiger partial charge in [0.1, 0.15) is 12.0 Å². The maximum Gasteiger partial charge on any atom is 0.247 e. The van der Waals surface area contributed by atoms with Crippen LogP contribution < -0.4 is 4.74 Å². The van der Waals surface area contributed by atoms with Crippen LogP contribution in [-0.2, 0) is 16.0 Å². The van der Waals surface area contributed by atoms with Crippen molar-refractivity contribution in [2.24, 2.45) is 0 Å². The SMILES string of the molecule is O=C[C@@H]1CSCN1C(=O)/C=C/c1ccc(OCCCCc2ccccc2)cc1. The lowest BCUT2D eigenvalue weighted by Gasteiger charge is -2.16. The third-order valence-electron chi connectivity index (χ3n) is 4.63. The summed E-state index contributed by atoms with van der Waals surface area (Å²) in [5, 5.41) is 0. The zero-order valence-electron chi connectivity index (χ0n) is 15.8. The van der Waals surface area contributed by atoms with Gasteiger partial charge in [0.05, 0.1) is 18.5 Å². The Labute approximate surface area is 170 Å². The van der Waals surface area contributed by atoms with Gasteiger partial charge in [-0.1, -0.05) is 42.5 Å². The Kier molecular flexibility index (Phi) is 7.73. The van der Waals surface area contributed by atoms with Gasteiger partial charge in [-0.3, -0.25) is 4.79 Å². The highest BCUT2D eigenvalue weighted by Gasteiger charge is 2.27. The molecular formula is C23H25NO3S. The third kappa shape index (κ3) is 5.99. The van der Waals surface area contributed by atoms with Gasteiger partial charge in [0.2, 0.25) is 5.91 Å². The number of carbonyl (C=O) groups excluding carboxylic acids is 2. The summed E-state index contributed by atoms with van der Waals surface area (Å²) in [5.41, 5.74) is 2.29. The molecule has 0 bridgehead atoms. The molecule has 1 heterocycles. The van der Waals surface area contributed by atoms with E-state index in [4.69, 9.17) is 4.74 Å². The fourth-order valence-electron chi connectivity index (χ4n) is 3.00. The average molecular weight is 396 g/mol. The van der Waals surface area contributed by atoms with Gasteiger partial charge in [0, 0.05) is 11.8 Å². The number of nitrogens with zero attached hydrogens (tertiary/aromatic N) is 1. The molecule has 0 aliphatic carbocycles. The molecule has 4 nitrogen and oxygen atoms in total. The monoisotopic (exact) mass is 395 g/mol. The van der Waals surface area contributed by atoms with Crippen LogP contribution in [0.4, 0.5) is 0 Å². The number of rotatable bonds is 9. The van der Waals surface area contributed by atoms with E-state index in [1.807, 2.05) is 30.3 Å². The van der Waals surface area contributed by atoms with Crippen molar-refractivity contribution in [2.45, 2.75) is 25.3 Å². The molecule has 1 atom stereocenters. The van der Waals surface area contributed by atoms with Gasteiger partial charge in [-0.15, -0.1) is 11.8 Å². The number of hydrogen-bond donors (Lipinski definition) is 0. The van der Waals surface area contributed by atoms with Crippen molar-refractivity contribution in [3.05, 3.63) is 71.8 Å². The fourth-order valence-corrected chi connectivity index (χ4v) is 4.12. The molecule has 3 rings (SSSR count). The molecule has 1 aliphatic heterocycles. The number of carbonyl (C=O) groups is 2. The predicted molar refractivity (Wildman–Crippen MR) is 114 cm³/mol. The minimum Gasteiger partial charge on any atom is -0.494 e. The minimum atomic E-state index is -0.306. The first kappa shape index (κ1) is 20.2. The van der Waals surface area contributed by atoms with E-state index in [0.29, 0.717) is 18.2 Å². The van der Waals surface area contributed by atoms with E-state index in [0.717, 1.165) is 36.9 Å². The molecule has 28 heavy (non-hydrogen) atoms. The van der Waals surface area contributed by atoms with E-state index in [9.17, 15) is 9.59 Å². The molecule has 2 aromatic rings. The molecule has 0 saturated carbocycles. The predicted octanol–water partition coefficient (Wildman–Crippen LogP) is 4.20. The lowest BCUT2D eigenvalue weighted by atomic mass is 10.1. The summed E-state index contributed by atoms with van der Waals surface area (Å²) in [4.78, 5) is 24.8. The van der Waals surface area contributed by atoms with Crippen LogP contribution in [0.25, 0.3) is 6.08 Å². The number of amides is 1. The fraction of sp³-hybridized carbons (Fsp3) is 0.304.